The number of aromatic nitrogens is 1. The Morgan fingerprint density at radius 3 is 2.15 bits per heavy atom. The number of aliphatic carboxylic acids is 1. The van der Waals surface area contributed by atoms with Crippen molar-refractivity contribution in [3.8, 4) is 11.1 Å². The van der Waals surface area contributed by atoms with Crippen molar-refractivity contribution in [2.24, 2.45) is 0 Å². The Hall–Kier alpha value is -3.77. The van der Waals surface area contributed by atoms with Gasteiger partial charge in [0.2, 0.25) is 10.0 Å². The number of nitrogens with one attached hydrogen (secondary N) is 2. The summed E-state index contributed by atoms with van der Waals surface area (Å²) in [5, 5.41) is 10.6. The molecule has 200 valence electrons. The number of sulfonamides is 2. The van der Waals surface area contributed by atoms with E-state index in [1.165, 1.54) is 48.8 Å². The number of rotatable bonds is 9. The predicted molar refractivity (Wildman–Crippen MR) is 146 cm³/mol. The number of carbonyl (C=O) groups is 1. The van der Waals surface area contributed by atoms with Crippen LogP contribution in [0, 0.1) is 0 Å². The number of halogens is 1. The average molecular weight is 584 g/mol. The zero-order chi connectivity index (χ0) is 27.8. The monoisotopic (exact) mass is 583 g/mol. The molecule has 39 heavy (non-hydrogen) atoms. The van der Waals surface area contributed by atoms with E-state index in [4.69, 9.17) is 11.6 Å². The maximum atomic E-state index is 13.2. The molecule has 4 aromatic rings. The Kier molecular flexibility index (Phi) is 6.93. The van der Waals surface area contributed by atoms with Crippen LogP contribution < -0.4 is 9.44 Å². The molecular formula is C27H22ClN3O6S2. The van der Waals surface area contributed by atoms with E-state index in [1.54, 1.807) is 36.4 Å². The van der Waals surface area contributed by atoms with Gasteiger partial charge in [0.25, 0.3) is 10.0 Å². The van der Waals surface area contributed by atoms with E-state index in [0.717, 1.165) is 11.1 Å². The lowest BCUT2D eigenvalue weighted by Crippen LogP contribution is -2.44. The van der Waals surface area contributed by atoms with Gasteiger partial charge in [-0.3, -0.25) is 14.5 Å². The number of pyridine rings is 1. The van der Waals surface area contributed by atoms with Crippen LogP contribution in [0.1, 0.15) is 17.9 Å². The summed E-state index contributed by atoms with van der Waals surface area (Å²) < 4.78 is 56.5. The van der Waals surface area contributed by atoms with Gasteiger partial charge in [-0.1, -0.05) is 48.0 Å². The highest BCUT2D eigenvalue weighted by Gasteiger charge is 2.63. The minimum Gasteiger partial charge on any atom is -0.480 e. The molecule has 1 aliphatic rings. The number of anilines is 1. The first-order chi connectivity index (χ1) is 18.5. The number of benzene rings is 3. The van der Waals surface area contributed by atoms with Gasteiger partial charge in [0.1, 0.15) is 10.4 Å². The van der Waals surface area contributed by atoms with Crippen LogP contribution in [-0.4, -0.2) is 38.4 Å². The summed E-state index contributed by atoms with van der Waals surface area (Å²) >= 11 is 5.93. The molecule has 2 atom stereocenters. The smallest absolute Gasteiger partial charge is 0.325 e. The molecule has 3 N–H and O–H groups in total. The van der Waals surface area contributed by atoms with E-state index in [-0.39, 0.29) is 21.9 Å². The summed E-state index contributed by atoms with van der Waals surface area (Å²) in [4.78, 5) is 16.0. The second-order valence-corrected chi connectivity index (χ2v) is 12.9. The van der Waals surface area contributed by atoms with Crippen molar-refractivity contribution in [1.82, 2.24) is 9.71 Å². The lowest BCUT2D eigenvalue weighted by Gasteiger charge is -2.16. The first-order valence-corrected chi connectivity index (χ1v) is 15.0. The van der Waals surface area contributed by atoms with Crippen molar-refractivity contribution in [2.45, 2.75) is 27.7 Å². The van der Waals surface area contributed by atoms with Gasteiger partial charge in [0.15, 0.2) is 0 Å². The largest absolute Gasteiger partial charge is 0.480 e. The Balaban J connectivity index is 1.36. The molecule has 0 spiro atoms. The van der Waals surface area contributed by atoms with Gasteiger partial charge in [-0.15, -0.1) is 0 Å². The van der Waals surface area contributed by atoms with Crippen molar-refractivity contribution in [2.75, 3.05) is 4.72 Å². The Bertz CT molecular complexity index is 1750. The molecule has 0 aliphatic heterocycles. The van der Waals surface area contributed by atoms with E-state index in [1.807, 2.05) is 12.1 Å². The maximum absolute atomic E-state index is 13.2. The average Bonchev–Trinajstić information content (AvgIpc) is 3.64. The first-order valence-electron chi connectivity index (χ1n) is 11.7. The molecular weight excluding hydrogens is 562 g/mol. The summed E-state index contributed by atoms with van der Waals surface area (Å²) in [5.74, 6) is -2.03. The molecule has 5 rings (SSSR count). The molecule has 3 aromatic carbocycles. The highest BCUT2D eigenvalue weighted by Crippen LogP contribution is 2.53. The quantitative estimate of drug-likeness (QED) is 0.263. The number of hydrogen-bond acceptors (Lipinski definition) is 6. The normalized spacial score (nSPS) is 18.8. The Morgan fingerprint density at radius 1 is 0.872 bits per heavy atom. The molecule has 0 amide bonds. The molecule has 12 heteroatoms. The fourth-order valence-corrected chi connectivity index (χ4v) is 6.91. The zero-order valence-corrected chi connectivity index (χ0v) is 22.5. The van der Waals surface area contributed by atoms with Gasteiger partial charge < -0.3 is 5.11 Å². The van der Waals surface area contributed by atoms with Crippen molar-refractivity contribution >= 4 is 43.3 Å². The third-order valence-electron chi connectivity index (χ3n) is 6.49. The van der Waals surface area contributed by atoms with Gasteiger partial charge in [-0.05, 0) is 71.6 Å². The van der Waals surface area contributed by atoms with Crippen molar-refractivity contribution in [3.63, 3.8) is 0 Å². The highest BCUT2D eigenvalue weighted by molar-refractivity contribution is 7.92. The number of carboxylic acid groups (broad SMARTS) is 1. The van der Waals surface area contributed by atoms with Crippen LogP contribution in [0.2, 0.25) is 5.02 Å². The second kappa shape index (κ2) is 10.1. The third kappa shape index (κ3) is 5.52. The number of carboxylic acids is 1. The lowest BCUT2D eigenvalue weighted by molar-refractivity contribution is -0.140. The third-order valence-corrected chi connectivity index (χ3v) is 9.63. The minimum absolute atomic E-state index is 0.00320. The van der Waals surface area contributed by atoms with Crippen molar-refractivity contribution in [3.05, 3.63) is 108 Å². The van der Waals surface area contributed by atoms with Gasteiger partial charge in [0.05, 0.1) is 4.90 Å². The summed E-state index contributed by atoms with van der Waals surface area (Å²) in [6.07, 6.45) is 2.66. The van der Waals surface area contributed by atoms with Crippen LogP contribution in [0.5, 0.6) is 0 Å². The first kappa shape index (κ1) is 26.8. The van der Waals surface area contributed by atoms with Crippen molar-refractivity contribution in [1.29, 1.82) is 0 Å². The van der Waals surface area contributed by atoms with Gasteiger partial charge in [-0.25, -0.2) is 16.8 Å². The minimum atomic E-state index is -4.19. The fraction of sp³-hybridized carbons (Fsp3) is 0.111. The molecule has 1 aromatic heterocycles. The molecule has 0 unspecified atom stereocenters. The van der Waals surface area contributed by atoms with E-state index < -0.39 is 37.5 Å². The standard InChI is InChI=1S/C27H22ClN3O6S2/c28-21-10-6-18(7-11-21)19-8-12-23(13-9-19)39(36,37)31-27(26(32)33)16-25(27)20-3-1-4-22(15-20)30-38(34,35)24-5-2-14-29-17-24/h1-15,17,25,30-31H,16H2,(H,32,33)/t25-,27-/m0/s1. The molecule has 0 bridgehead atoms. The zero-order valence-electron chi connectivity index (χ0n) is 20.2. The highest BCUT2D eigenvalue weighted by atomic mass is 35.5. The molecule has 1 fully saturated rings. The number of hydrogen-bond donors (Lipinski definition) is 3. The second-order valence-electron chi connectivity index (χ2n) is 9.09. The molecule has 0 radical (unpaired) electrons. The summed E-state index contributed by atoms with van der Waals surface area (Å²) in [7, 11) is -8.11. The fourth-order valence-electron chi connectivity index (χ4n) is 4.36. The molecule has 1 saturated carbocycles. The Labute approximate surface area is 230 Å². The van der Waals surface area contributed by atoms with Crippen LogP contribution in [-0.2, 0) is 24.8 Å². The summed E-state index contributed by atoms with van der Waals surface area (Å²) in [5.41, 5.74) is 0.537. The van der Waals surface area contributed by atoms with Crippen LogP contribution in [0.15, 0.2) is 107 Å². The van der Waals surface area contributed by atoms with Crippen molar-refractivity contribution < 1.29 is 26.7 Å². The van der Waals surface area contributed by atoms with Gasteiger partial charge in [0, 0.05) is 29.0 Å². The van der Waals surface area contributed by atoms with Crippen LogP contribution in [0.3, 0.4) is 0 Å². The van der Waals surface area contributed by atoms with E-state index >= 15 is 0 Å². The number of nitrogens with zero attached hydrogens (tertiary/aromatic N) is 1. The topological polar surface area (TPSA) is 143 Å². The molecule has 9 nitrogen and oxygen atoms in total. The Morgan fingerprint density at radius 2 is 1.54 bits per heavy atom. The SMILES string of the molecule is O=C(O)[C@]1(NS(=O)(=O)c2ccc(-c3ccc(Cl)cc3)cc2)C[C@H]1c1cccc(NS(=O)(=O)c2cccnc2)c1. The molecule has 1 aliphatic carbocycles. The van der Waals surface area contributed by atoms with Crippen LogP contribution >= 0.6 is 11.6 Å². The van der Waals surface area contributed by atoms with Gasteiger partial charge >= 0.3 is 5.97 Å². The lowest BCUT2D eigenvalue weighted by atomic mass is 10.1. The summed E-state index contributed by atoms with van der Waals surface area (Å²) in [6, 6.07) is 22.3. The van der Waals surface area contributed by atoms with Gasteiger partial charge in [-0.2, -0.15) is 4.72 Å². The van der Waals surface area contributed by atoms with E-state index in [2.05, 4.69) is 14.4 Å². The molecule has 0 saturated heterocycles. The molecule has 1 heterocycles. The predicted octanol–water partition coefficient (Wildman–Crippen LogP) is 4.49. The maximum Gasteiger partial charge on any atom is 0.325 e. The van der Waals surface area contributed by atoms with Crippen LogP contribution in [0.25, 0.3) is 11.1 Å². The summed E-state index contributed by atoms with van der Waals surface area (Å²) in [6.45, 7) is 0. The van der Waals surface area contributed by atoms with Crippen LogP contribution in [0.4, 0.5) is 5.69 Å². The van der Waals surface area contributed by atoms with E-state index in [9.17, 15) is 26.7 Å². The van der Waals surface area contributed by atoms with E-state index in [0.29, 0.717) is 10.6 Å².